The summed E-state index contributed by atoms with van der Waals surface area (Å²) >= 11 is 0. The van der Waals surface area contributed by atoms with Crippen LogP contribution in [0.1, 0.15) is 23.2 Å². The van der Waals surface area contributed by atoms with E-state index in [1.165, 1.54) is 25.3 Å². The molecular weight excluding hydrogens is 330 g/mol. The number of benzene rings is 1. The minimum absolute atomic E-state index is 0.0176. The van der Waals surface area contributed by atoms with Crippen molar-refractivity contribution >= 4 is 23.4 Å². The first-order valence-electron chi connectivity index (χ1n) is 7.14. The van der Waals surface area contributed by atoms with Gasteiger partial charge in [-0.3, -0.25) is 14.9 Å². The van der Waals surface area contributed by atoms with Gasteiger partial charge in [-0.25, -0.2) is 9.59 Å². The molecule has 132 valence electrons. The fourth-order valence-corrected chi connectivity index (χ4v) is 1.91. The van der Waals surface area contributed by atoms with Crippen molar-refractivity contribution in [3.63, 3.8) is 0 Å². The van der Waals surface area contributed by atoms with Crippen LogP contribution in [0.2, 0.25) is 0 Å². The van der Waals surface area contributed by atoms with Crippen LogP contribution in [0.4, 0.5) is 5.69 Å². The maximum absolute atomic E-state index is 12.3. The number of allylic oxidation sites excluding steroid dienone is 1. The minimum atomic E-state index is -0.739. The summed E-state index contributed by atoms with van der Waals surface area (Å²) in [6.45, 7) is 3.54. The van der Waals surface area contributed by atoms with Gasteiger partial charge in [-0.2, -0.15) is 0 Å². The second kappa shape index (κ2) is 9.11. The van der Waals surface area contributed by atoms with Crippen LogP contribution >= 0.6 is 0 Å². The van der Waals surface area contributed by atoms with Gasteiger partial charge in [-0.1, -0.05) is 18.7 Å². The average molecular weight is 347 g/mol. The van der Waals surface area contributed by atoms with Gasteiger partial charge in [0.15, 0.2) is 5.78 Å². The van der Waals surface area contributed by atoms with Gasteiger partial charge in [0, 0.05) is 28.8 Å². The third-order valence-corrected chi connectivity index (χ3v) is 3.26. The zero-order chi connectivity index (χ0) is 19.0. The molecule has 0 bridgehead atoms. The van der Waals surface area contributed by atoms with E-state index < -0.39 is 22.6 Å². The maximum Gasteiger partial charge on any atom is 0.333 e. The van der Waals surface area contributed by atoms with E-state index in [1.54, 1.807) is 0 Å². The standard InChI is InChI=1S/C17H17NO7/c1-11(16(20)24-2)7-8-13(17(21)25-3)10-15(19)12-5-4-6-14(9-12)18(22)23/h4-6,9-10H,1,7-8H2,2-3H3/b13-10+. The molecule has 0 N–H and O–H groups in total. The number of esters is 2. The van der Waals surface area contributed by atoms with E-state index in [4.69, 9.17) is 0 Å². The molecule has 0 aliphatic heterocycles. The van der Waals surface area contributed by atoms with Crippen LogP contribution in [0.5, 0.6) is 0 Å². The first-order chi connectivity index (χ1) is 11.8. The summed E-state index contributed by atoms with van der Waals surface area (Å²) in [7, 11) is 2.36. The van der Waals surface area contributed by atoms with Crippen molar-refractivity contribution in [2.45, 2.75) is 12.8 Å². The van der Waals surface area contributed by atoms with Crippen molar-refractivity contribution in [1.82, 2.24) is 0 Å². The number of nitrogens with zero attached hydrogens (tertiary/aromatic N) is 1. The van der Waals surface area contributed by atoms with Crippen LogP contribution in [-0.4, -0.2) is 36.9 Å². The quantitative estimate of drug-likeness (QED) is 0.233. The van der Waals surface area contributed by atoms with Gasteiger partial charge in [-0.05, 0) is 18.9 Å². The Hall–Kier alpha value is -3.29. The van der Waals surface area contributed by atoms with E-state index in [2.05, 4.69) is 16.1 Å². The highest BCUT2D eigenvalue weighted by Gasteiger charge is 2.17. The van der Waals surface area contributed by atoms with Gasteiger partial charge < -0.3 is 9.47 Å². The van der Waals surface area contributed by atoms with Crippen molar-refractivity contribution < 1.29 is 28.8 Å². The molecule has 0 saturated heterocycles. The topological polar surface area (TPSA) is 113 Å². The van der Waals surface area contributed by atoms with E-state index in [1.807, 2.05) is 0 Å². The Bertz CT molecular complexity index is 749. The summed E-state index contributed by atoms with van der Waals surface area (Å²) in [4.78, 5) is 45.5. The lowest BCUT2D eigenvalue weighted by Crippen LogP contribution is -2.10. The van der Waals surface area contributed by atoms with Gasteiger partial charge >= 0.3 is 11.9 Å². The highest BCUT2D eigenvalue weighted by Crippen LogP contribution is 2.17. The molecule has 0 saturated carbocycles. The lowest BCUT2D eigenvalue weighted by atomic mass is 10.0. The summed E-state index contributed by atoms with van der Waals surface area (Å²) in [5, 5.41) is 10.8. The number of rotatable bonds is 8. The third kappa shape index (κ3) is 5.69. The Morgan fingerprint density at radius 1 is 1.16 bits per heavy atom. The smallest absolute Gasteiger partial charge is 0.333 e. The van der Waals surface area contributed by atoms with Crippen molar-refractivity contribution in [3.8, 4) is 0 Å². The zero-order valence-electron chi connectivity index (χ0n) is 13.8. The Balaban J connectivity index is 3.02. The number of hydrogen-bond acceptors (Lipinski definition) is 7. The molecule has 0 atom stereocenters. The molecule has 0 spiro atoms. The Kier molecular flexibility index (Phi) is 7.20. The van der Waals surface area contributed by atoms with Crippen LogP contribution in [0, 0.1) is 10.1 Å². The predicted molar refractivity (Wildman–Crippen MR) is 87.9 cm³/mol. The van der Waals surface area contributed by atoms with Gasteiger partial charge in [0.25, 0.3) is 5.69 Å². The van der Waals surface area contributed by atoms with Crippen LogP contribution < -0.4 is 0 Å². The number of carbonyl (C=O) groups is 3. The van der Waals surface area contributed by atoms with Crippen molar-refractivity contribution in [1.29, 1.82) is 0 Å². The molecule has 25 heavy (non-hydrogen) atoms. The largest absolute Gasteiger partial charge is 0.466 e. The highest BCUT2D eigenvalue weighted by molar-refractivity contribution is 6.09. The monoisotopic (exact) mass is 347 g/mol. The number of carbonyl (C=O) groups excluding carboxylic acids is 3. The number of nitro benzene ring substituents is 1. The fraction of sp³-hybridized carbons (Fsp3) is 0.235. The maximum atomic E-state index is 12.3. The Morgan fingerprint density at radius 3 is 2.36 bits per heavy atom. The number of nitro groups is 1. The van der Waals surface area contributed by atoms with Gasteiger partial charge in [0.2, 0.25) is 0 Å². The summed E-state index contributed by atoms with van der Waals surface area (Å²) in [6.07, 6.45) is 1.16. The lowest BCUT2D eigenvalue weighted by molar-refractivity contribution is -0.384. The molecule has 1 aromatic rings. The molecule has 0 unspecified atom stereocenters. The second-order valence-electron chi connectivity index (χ2n) is 4.93. The first kappa shape index (κ1) is 19.8. The molecule has 0 heterocycles. The Labute approximate surface area is 143 Å². The zero-order valence-corrected chi connectivity index (χ0v) is 13.8. The summed E-state index contributed by atoms with van der Waals surface area (Å²) in [5.41, 5.74) is -0.0236. The van der Waals surface area contributed by atoms with E-state index in [-0.39, 0.29) is 35.2 Å². The normalized spacial score (nSPS) is 10.7. The molecule has 8 heteroatoms. The van der Waals surface area contributed by atoms with E-state index in [0.717, 1.165) is 19.3 Å². The minimum Gasteiger partial charge on any atom is -0.466 e. The summed E-state index contributed by atoms with van der Waals surface area (Å²) in [5.74, 6) is -1.95. The van der Waals surface area contributed by atoms with Crippen LogP contribution in [0.3, 0.4) is 0 Å². The predicted octanol–water partition coefficient (Wildman–Crippen LogP) is 2.39. The van der Waals surface area contributed by atoms with E-state index in [0.29, 0.717) is 0 Å². The Morgan fingerprint density at radius 2 is 1.80 bits per heavy atom. The molecule has 0 aliphatic rings. The average Bonchev–Trinajstić information content (AvgIpc) is 2.63. The van der Waals surface area contributed by atoms with Crippen molar-refractivity contribution in [2.75, 3.05) is 14.2 Å². The number of methoxy groups -OCH3 is 2. The van der Waals surface area contributed by atoms with Gasteiger partial charge in [-0.15, -0.1) is 0 Å². The first-order valence-corrected chi connectivity index (χ1v) is 7.14. The van der Waals surface area contributed by atoms with E-state index >= 15 is 0 Å². The number of ketones is 1. The highest BCUT2D eigenvalue weighted by atomic mass is 16.6. The summed E-state index contributed by atoms with van der Waals surface area (Å²) < 4.78 is 9.13. The molecule has 1 rings (SSSR count). The van der Waals surface area contributed by atoms with Crippen LogP contribution in [0.15, 0.2) is 48.1 Å². The molecule has 8 nitrogen and oxygen atoms in total. The number of ether oxygens (including phenoxy) is 2. The van der Waals surface area contributed by atoms with Gasteiger partial charge in [0.05, 0.1) is 19.1 Å². The fourth-order valence-electron chi connectivity index (χ4n) is 1.91. The lowest BCUT2D eigenvalue weighted by Gasteiger charge is -2.07. The number of hydrogen-bond donors (Lipinski definition) is 0. The molecule has 0 aliphatic carbocycles. The molecule has 1 aromatic carbocycles. The molecule has 0 radical (unpaired) electrons. The van der Waals surface area contributed by atoms with Crippen molar-refractivity contribution in [3.05, 3.63) is 63.7 Å². The third-order valence-electron chi connectivity index (χ3n) is 3.26. The second-order valence-corrected chi connectivity index (χ2v) is 4.93. The molecule has 0 aromatic heterocycles. The van der Waals surface area contributed by atoms with Crippen LogP contribution in [0.25, 0.3) is 0 Å². The summed E-state index contributed by atoms with van der Waals surface area (Å²) in [6, 6.07) is 5.13. The molecule has 0 fully saturated rings. The van der Waals surface area contributed by atoms with Gasteiger partial charge in [0.1, 0.15) is 0 Å². The SMILES string of the molecule is C=C(CC/C(=C\C(=O)c1cccc([N+](=O)[O-])c1)C(=O)OC)C(=O)OC. The van der Waals surface area contributed by atoms with E-state index in [9.17, 15) is 24.5 Å². The molecular formula is C17H17NO7. The van der Waals surface area contributed by atoms with Crippen molar-refractivity contribution in [2.24, 2.45) is 0 Å². The van der Waals surface area contributed by atoms with Crippen LogP contribution in [-0.2, 0) is 19.1 Å². The molecule has 0 amide bonds. The number of non-ortho nitro benzene ring substituents is 1.